The van der Waals surface area contributed by atoms with Gasteiger partial charge >= 0.3 is 5.97 Å². The molecule has 0 atom stereocenters. The first kappa shape index (κ1) is 13.1. The van der Waals surface area contributed by atoms with Crippen molar-refractivity contribution in [1.82, 2.24) is 4.98 Å². The Morgan fingerprint density at radius 2 is 2.11 bits per heavy atom. The molecule has 0 fully saturated rings. The summed E-state index contributed by atoms with van der Waals surface area (Å²) in [6, 6.07) is 6.68. The molecule has 0 aliphatic carbocycles. The number of halogens is 1. The number of esters is 1. The lowest BCUT2D eigenvalue weighted by Crippen LogP contribution is -2.06. The number of rotatable bonds is 2. The molecule has 0 amide bonds. The third-order valence-electron chi connectivity index (χ3n) is 2.57. The largest absolute Gasteiger partial charge is 0.480 e. The van der Waals surface area contributed by atoms with E-state index in [-0.39, 0.29) is 11.4 Å². The number of ether oxygens (including phenoxy) is 2. The molecule has 0 saturated heterocycles. The molecule has 2 aromatic rings. The summed E-state index contributed by atoms with van der Waals surface area (Å²) in [5.41, 5.74) is 0.928. The molecule has 0 unspecified atom stereocenters. The summed E-state index contributed by atoms with van der Waals surface area (Å²) in [6.45, 7) is 0. The van der Waals surface area contributed by atoms with E-state index in [0.717, 1.165) is 0 Å². The van der Waals surface area contributed by atoms with E-state index in [2.05, 4.69) is 9.72 Å². The van der Waals surface area contributed by atoms with Gasteiger partial charge in [-0.25, -0.2) is 9.78 Å². The molecule has 0 N–H and O–H groups in total. The first-order chi connectivity index (χ1) is 9.10. The Bertz CT molecular complexity index is 707. The van der Waals surface area contributed by atoms with Crippen LogP contribution in [0.2, 0.25) is 5.02 Å². The molecule has 1 aromatic carbocycles. The van der Waals surface area contributed by atoms with Gasteiger partial charge in [-0.1, -0.05) is 11.6 Å². The van der Waals surface area contributed by atoms with Crippen molar-refractivity contribution in [2.45, 2.75) is 0 Å². The fraction of sp³-hybridized carbons (Fsp3) is 0.154. The smallest absolute Gasteiger partial charge is 0.343 e. The molecule has 1 aromatic heterocycles. The van der Waals surface area contributed by atoms with Crippen LogP contribution >= 0.6 is 11.6 Å². The van der Waals surface area contributed by atoms with Gasteiger partial charge in [-0.2, -0.15) is 5.26 Å². The zero-order valence-electron chi connectivity index (χ0n) is 10.2. The van der Waals surface area contributed by atoms with Crippen LogP contribution in [-0.4, -0.2) is 25.2 Å². The summed E-state index contributed by atoms with van der Waals surface area (Å²) in [6.07, 6.45) is 0. The van der Waals surface area contributed by atoms with E-state index < -0.39 is 5.97 Å². The minimum Gasteiger partial charge on any atom is -0.480 e. The molecule has 0 bridgehead atoms. The summed E-state index contributed by atoms with van der Waals surface area (Å²) < 4.78 is 9.71. The summed E-state index contributed by atoms with van der Waals surface area (Å²) >= 11 is 5.92. The van der Waals surface area contributed by atoms with Crippen molar-refractivity contribution >= 4 is 28.5 Å². The van der Waals surface area contributed by atoms with Crippen molar-refractivity contribution in [3.05, 3.63) is 34.3 Å². The highest BCUT2D eigenvalue weighted by molar-refractivity contribution is 6.31. The molecule has 96 valence electrons. The Balaban J connectivity index is 2.82. The maximum Gasteiger partial charge on any atom is 0.343 e. The van der Waals surface area contributed by atoms with Crippen LogP contribution in [0.25, 0.3) is 10.9 Å². The minimum absolute atomic E-state index is 0.109. The number of methoxy groups -OCH3 is 2. The number of aromatic nitrogens is 1. The maximum absolute atomic E-state index is 11.6. The Hall–Kier alpha value is -2.32. The second-order valence-electron chi connectivity index (χ2n) is 3.67. The number of nitriles is 1. The van der Waals surface area contributed by atoms with Gasteiger partial charge in [-0.15, -0.1) is 0 Å². The number of carbonyl (C=O) groups excluding carboxylic acids is 1. The highest BCUT2D eigenvalue weighted by Gasteiger charge is 2.17. The van der Waals surface area contributed by atoms with Crippen LogP contribution in [0.15, 0.2) is 18.2 Å². The van der Waals surface area contributed by atoms with Crippen LogP contribution in [0.3, 0.4) is 0 Å². The minimum atomic E-state index is -0.565. The van der Waals surface area contributed by atoms with Crippen molar-refractivity contribution < 1.29 is 14.3 Å². The van der Waals surface area contributed by atoms with Gasteiger partial charge in [0, 0.05) is 10.4 Å². The van der Waals surface area contributed by atoms with E-state index in [1.807, 2.05) is 6.07 Å². The molecule has 0 spiro atoms. The number of fused-ring (bicyclic) bond motifs is 1. The predicted molar refractivity (Wildman–Crippen MR) is 69.4 cm³/mol. The molecule has 5 nitrogen and oxygen atoms in total. The van der Waals surface area contributed by atoms with E-state index in [0.29, 0.717) is 21.5 Å². The fourth-order valence-corrected chi connectivity index (χ4v) is 1.96. The van der Waals surface area contributed by atoms with Crippen LogP contribution in [0.1, 0.15) is 15.9 Å². The van der Waals surface area contributed by atoms with Crippen LogP contribution < -0.4 is 4.74 Å². The number of pyridine rings is 1. The molecular weight excluding hydrogens is 268 g/mol. The van der Waals surface area contributed by atoms with Gasteiger partial charge in [0.1, 0.15) is 11.6 Å². The number of carbonyl (C=O) groups is 1. The van der Waals surface area contributed by atoms with Gasteiger partial charge in [0.2, 0.25) is 5.88 Å². The van der Waals surface area contributed by atoms with Crippen LogP contribution in [0.4, 0.5) is 0 Å². The lowest BCUT2D eigenvalue weighted by atomic mass is 10.1. The molecule has 0 aliphatic heterocycles. The molecule has 0 saturated carbocycles. The zero-order chi connectivity index (χ0) is 14.0. The van der Waals surface area contributed by atoms with Gasteiger partial charge in [-0.3, -0.25) is 0 Å². The number of hydrogen-bond donors (Lipinski definition) is 0. The van der Waals surface area contributed by atoms with Crippen molar-refractivity contribution in [2.75, 3.05) is 14.2 Å². The van der Waals surface area contributed by atoms with Crippen molar-refractivity contribution in [1.29, 1.82) is 5.26 Å². The molecule has 6 heteroatoms. The Labute approximate surface area is 114 Å². The molecule has 19 heavy (non-hydrogen) atoms. The zero-order valence-corrected chi connectivity index (χ0v) is 11.0. The summed E-state index contributed by atoms with van der Waals surface area (Å²) in [5, 5.41) is 10.0. The Kier molecular flexibility index (Phi) is 3.54. The van der Waals surface area contributed by atoms with Gasteiger partial charge in [-0.05, 0) is 18.2 Å². The SMILES string of the molecule is COC(=O)c1cc2cc(Cl)cc(C#N)c2nc1OC. The highest BCUT2D eigenvalue weighted by atomic mass is 35.5. The van der Waals surface area contributed by atoms with E-state index >= 15 is 0 Å². The van der Waals surface area contributed by atoms with Crippen LogP contribution in [-0.2, 0) is 4.74 Å². The summed E-state index contributed by atoms with van der Waals surface area (Å²) in [5.74, 6) is -0.456. The maximum atomic E-state index is 11.6. The second-order valence-corrected chi connectivity index (χ2v) is 4.11. The number of benzene rings is 1. The van der Waals surface area contributed by atoms with Gasteiger partial charge < -0.3 is 9.47 Å². The first-order valence-electron chi connectivity index (χ1n) is 5.27. The van der Waals surface area contributed by atoms with Crippen LogP contribution in [0.5, 0.6) is 5.88 Å². The predicted octanol–water partition coefficient (Wildman–Crippen LogP) is 2.56. The quantitative estimate of drug-likeness (QED) is 0.788. The molecular formula is C13H9ClN2O3. The third-order valence-corrected chi connectivity index (χ3v) is 2.79. The summed E-state index contributed by atoms with van der Waals surface area (Å²) in [7, 11) is 2.66. The van der Waals surface area contributed by atoms with E-state index in [9.17, 15) is 4.79 Å². The average Bonchev–Trinajstić information content (AvgIpc) is 2.43. The fourth-order valence-electron chi connectivity index (χ4n) is 1.73. The topological polar surface area (TPSA) is 72.2 Å². The summed E-state index contributed by atoms with van der Waals surface area (Å²) in [4.78, 5) is 15.8. The number of nitrogens with zero attached hydrogens (tertiary/aromatic N) is 2. The van der Waals surface area contributed by atoms with Crippen LogP contribution in [0, 0.1) is 11.3 Å². The van der Waals surface area contributed by atoms with E-state index in [1.165, 1.54) is 20.3 Å². The Morgan fingerprint density at radius 3 is 2.68 bits per heavy atom. The normalized spacial score (nSPS) is 10.0. The molecule has 0 aliphatic rings. The molecule has 1 heterocycles. The molecule has 0 radical (unpaired) electrons. The second kappa shape index (κ2) is 5.12. The first-order valence-corrected chi connectivity index (χ1v) is 5.65. The van der Waals surface area contributed by atoms with E-state index in [4.69, 9.17) is 21.6 Å². The lowest BCUT2D eigenvalue weighted by molar-refractivity contribution is 0.0596. The van der Waals surface area contributed by atoms with Gasteiger partial charge in [0.15, 0.2) is 0 Å². The lowest BCUT2D eigenvalue weighted by Gasteiger charge is -2.08. The van der Waals surface area contributed by atoms with Crippen molar-refractivity contribution in [3.8, 4) is 11.9 Å². The van der Waals surface area contributed by atoms with E-state index in [1.54, 1.807) is 12.1 Å². The van der Waals surface area contributed by atoms with Crippen molar-refractivity contribution in [2.24, 2.45) is 0 Å². The standard InChI is InChI=1S/C13H9ClN2O3/c1-18-12-10(13(17)19-2)5-7-3-9(14)4-8(6-15)11(7)16-12/h3-5H,1-2H3. The number of hydrogen-bond acceptors (Lipinski definition) is 5. The van der Waals surface area contributed by atoms with Gasteiger partial charge in [0.25, 0.3) is 0 Å². The average molecular weight is 277 g/mol. The van der Waals surface area contributed by atoms with Gasteiger partial charge in [0.05, 0.1) is 25.3 Å². The Morgan fingerprint density at radius 1 is 1.37 bits per heavy atom. The molecule has 2 rings (SSSR count). The highest BCUT2D eigenvalue weighted by Crippen LogP contribution is 2.27. The monoisotopic (exact) mass is 276 g/mol. The van der Waals surface area contributed by atoms with Crippen molar-refractivity contribution in [3.63, 3.8) is 0 Å². The third kappa shape index (κ3) is 2.30.